The lowest BCUT2D eigenvalue weighted by atomic mass is 10.3. The number of hydrogen-bond acceptors (Lipinski definition) is 5. The fraction of sp³-hybridized carbons (Fsp3) is 0.333. The molecule has 1 N–H and O–H groups in total. The fourth-order valence-electron chi connectivity index (χ4n) is 1.50. The maximum Gasteiger partial charge on any atom is 0.130 e. The number of nitrogens with zero attached hydrogens (tertiary/aromatic N) is 4. The molecule has 0 aliphatic rings. The van der Waals surface area contributed by atoms with Crippen molar-refractivity contribution in [3.63, 3.8) is 0 Å². The van der Waals surface area contributed by atoms with Gasteiger partial charge in [-0.2, -0.15) is 0 Å². The molecule has 0 aliphatic heterocycles. The normalized spacial score (nSPS) is 10.2. The monoisotopic (exact) mass is 229 g/mol. The zero-order valence-corrected chi connectivity index (χ0v) is 10.0. The van der Waals surface area contributed by atoms with Crippen molar-refractivity contribution in [3.05, 3.63) is 41.9 Å². The second-order valence-corrected chi connectivity index (χ2v) is 3.70. The molecule has 0 radical (unpaired) electrons. The molecule has 0 unspecified atom stereocenters. The van der Waals surface area contributed by atoms with Crippen molar-refractivity contribution in [1.82, 2.24) is 19.9 Å². The summed E-state index contributed by atoms with van der Waals surface area (Å²) >= 11 is 0. The lowest BCUT2D eigenvalue weighted by molar-refractivity contribution is 0.932. The minimum Gasteiger partial charge on any atom is -0.364 e. The molecule has 0 aromatic carbocycles. The van der Waals surface area contributed by atoms with Gasteiger partial charge in [-0.25, -0.2) is 19.9 Å². The summed E-state index contributed by atoms with van der Waals surface area (Å²) in [5.41, 5.74) is 1.98. The molecule has 0 aliphatic carbocycles. The molecule has 2 aromatic rings. The topological polar surface area (TPSA) is 63.6 Å². The van der Waals surface area contributed by atoms with Crippen LogP contribution in [-0.2, 0) is 13.0 Å². The van der Waals surface area contributed by atoms with Gasteiger partial charge in [0.05, 0.1) is 12.2 Å². The molecule has 2 rings (SSSR count). The van der Waals surface area contributed by atoms with Gasteiger partial charge in [0.25, 0.3) is 0 Å². The van der Waals surface area contributed by atoms with E-state index in [-0.39, 0.29) is 0 Å². The summed E-state index contributed by atoms with van der Waals surface area (Å²) in [6, 6.07) is 3.84. The van der Waals surface area contributed by atoms with E-state index in [0.29, 0.717) is 6.54 Å². The van der Waals surface area contributed by atoms with Crippen molar-refractivity contribution < 1.29 is 0 Å². The highest BCUT2D eigenvalue weighted by Crippen LogP contribution is 2.08. The minimum absolute atomic E-state index is 0.641. The number of aromatic nitrogens is 4. The van der Waals surface area contributed by atoms with Crippen molar-refractivity contribution in [3.8, 4) is 0 Å². The third kappa shape index (κ3) is 3.21. The molecular formula is C12H15N5. The van der Waals surface area contributed by atoms with Crippen LogP contribution < -0.4 is 5.32 Å². The predicted molar refractivity (Wildman–Crippen MR) is 65.5 cm³/mol. The third-order valence-electron chi connectivity index (χ3n) is 2.35. The van der Waals surface area contributed by atoms with Crippen LogP contribution in [0.3, 0.4) is 0 Å². The molecule has 0 saturated heterocycles. The summed E-state index contributed by atoms with van der Waals surface area (Å²) in [5, 5.41) is 3.24. The van der Waals surface area contributed by atoms with Crippen LogP contribution in [0, 0.1) is 6.92 Å². The Kier molecular flexibility index (Phi) is 3.59. The fourth-order valence-corrected chi connectivity index (χ4v) is 1.50. The minimum atomic E-state index is 0.641. The Hall–Kier alpha value is -2.04. The van der Waals surface area contributed by atoms with Crippen molar-refractivity contribution in [1.29, 1.82) is 0 Å². The van der Waals surface area contributed by atoms with Crippen LogP contribution in [0.25, 0.3) is 0 Å². The van der Waals surface area contributed by atoms with Gasteiger partial charge in [-0.05, 0) is 19.4 Å². The van der Waals surface area contributed by atoms with Crippen molar-refractivity contribution in [2.45, 2.75) is 26.8 Å². The molecular weight excluding hydrogens is 214 g/mol. The lowest BCUT2D eigenvalue weighted by Gasteiger charge is -2.07. The second kappa shape index (κ2) is 5.34. The molecule has 0 spiro atoms. The molecule has 0 amide bonds. The standard InChI is InChI=1S/C12H15N5/c1-3-10-6-12(17-9(2)16-10)14-7-11-4-5-13-8-15-11/h4-6,8H,3,7H2,1-2H3,(H,14,16,17). The SMILES string of the molecule is CCc1cc(NCc2ccncn2)nc(C)n1. The van der Waals surface area contributed by atoms with E-state index < -0.39 is 0 Å². The highest BCUT2D eigenvalue weighted by atomic mass is 15.0. The highest BCUT2D eigenvalue weighted by molar-refractivity contribution is 5.36. The zero-order valence-electron chi connectivity index (χ0n) is 10.0. The Morgan fingerprint density at radius 1 is 1.24 bits per heavy atom. The van der Waals surface area contributed by atoms with Gasteiger partial charge in [0.2, 0.25) is 0 Å². The van der Waals surface area contributed by atoms with Gasteiger partial charge in [-0.1, -0.05) is 6.92 Å². The summed E-state index contributed by atoms with van der Waals surface area (Å²) in [4.78, 5) is 16.7. The highest BCUT2D eigenvalue weighted by Gasteiger charge is 2.00. The molecule has 2 aromatic heterocycles. The van der Waals surface area contributed by atoms with E-state index in [0.717, 1.165) is 29.5 Å². The Morgan fingerprint density at radius 3 is 2.82 bits per heavy atom. The van der Waals surface area contributed by atoms with E-state index in [1.54, 1.807) is 12.5 Å². The number of rotatable bonds is 4. The van der Waals surface area contributed by atoms with E-state index in [1.165, 1.54) is 0 Å². The summed E-state index contributed by atoms with van der Waals surface area (Å²) in [6.45, 7) is 4.62. The molecule has 88 valence electrons. The Bertz CT molecular complexity index is 484. The average Bonchev–Trinajstić information content (AvgIpc) is 2.37. The van der Waals surface area contributed by atoms with Gasteiger partial charge >= 0.3 is 0 Å². The van der Waals surface area contributed by atoms with Gasteiger partial charge in [-0.3, -0.25) is 0 Å². The van der Waals surface area contributed by atoms with Crippen molar-refractivity contribution >= 4 is 5.82 Å². The first-order chi connectivity index (χ1) is 8.28. The van der Waals surface area contributed by atoms with E-state index in [4.69, 9.17) is 0 Å². The van der Waals surface area contributed by atoms with Gasteiger partial charge in [0.15, 0.2) is 0 Å². The number of hydrogen-bond donors (Lipinski definition) is 1. The quantitative estimate of drug-likeness (QED) is 0.865. The molecule has 0 fully saturated rings. The second-order valence-electron chi connectivity index (χ2n) is 3.70. The van der Waals surface area contributed by atoms with Crippen LogP contribution in [0.2, 0.25) is 0 Å². The maximum atomic E-state index is 4.33. The molecule has 0 atom stereocenters. The maximum absolute atomic E-state index is 4.33. The van der Waals surface area contributed by atoms with Gasteiger partial charge < -0.3 is 5.32 Å². The molecule has 17 heavy (non-hydrogen) atoms. The summed E-state index contributed by atoms with van der Waals surface area (Å²) in [5.74, 6) is 1.63. The van der Waals surface area contributed by atoms with Crippen LogP contribution in [0.5, 0.6) is 0 Å². The van der Waals surface area contributed by atoms with Crippen molar-refractivity contribution in [2.75, 3.05) is 5.32 Å². The molecule has 5 nitrogen and oxygen atoms in total. The molecule has 5 heteroatoms. The Labute approximate surface area is 100 Å². The number of nitrogens with one attached hydrogen (secondary N) is 1. The van der Waals surface area contributed by atoms with E-state index in [1.807, 2.05) is 19.1 Å². The van der Waals surface area contributed by atoms with E-state index in [9.17, 15) is 0 Å². The van der Waals surface area contributed by atoms with Gasteiger partial charge in [0.1, 0.15) is 18.0 Å². The first-order valence-electron chi connectivity index (χ1n) is 5.61. The van der Waals surface area contributed by atoms with Crippen LogP contribution in [0.15, 0.2) is 24.7 Å². The van der Waals surface area contributed by atoms with Crippen LogP contribution >= 0.6 is 0 Å². The smallest absolute Gasteiger partial charge is 0.130 e. The predicted octanol–water partition coefficient (Wildman–Crippen LogP) is 1.75. The first-order valence-corrected chi connectivity index (χ1v) is 5.61. The number of anilines is 1. The van der Waals surface area contributed by atoms with Crippen LogP contribution in [-0.4, -0.2) is 19.9 Å². The molecule has 0 bridgehead atoms. The summed E-state index contributed by atoms with van der Waals surface area (Å²) in [7, 11) is 0. The van der Waals surface area contributed by atoms with E-state index >= 15 is 0 Å². The Balaban J connectivity index is 2.06. The van der Waals surface area contributed by atoms with E-state index in [2.05, 4.69) is 32.2 Å². The first kappa shape index (κ1) is 11.4. The summed E-state index contributed by atoms with van der Waals surface area (Å²) < 4.78 is 0. The molecule has 0 saturated carbocycles. The number of aryl methyl sites for hydroxylation is 2. The largest absolute Gasteiger partial charge is 0.364 e. The zero-order chi connectivity index (χ0) is 12.1. The van der Waals surface area contributed by atoms with Crippen LogP contribution in [0.1, 0.15) is 24.1 Å². The van der Waals surface area contributed by atoms with Gasteiger partial charge in [-0.15, -0.1) is 0 Å². The average molecular weight is 229 g/mol. The third-order valence-corrected chi connectivity index (χ3v) is 2.35. The van der Waals surface area contributed by atoms with Crippen molar-refractivity contribution in [2.24, 2.45) is 0 Å². The van der Waals surface area contributed by atoms with Gasteiger partial charge in [0, 0.05) is 18.0 Å². The lowest BCUT2D eigenvalue weighted by Crippen LogP contribution is -2.05. The van der Waals surface area contributed by atoms with Crippen LogP contribution in [0.4, 0.5) is 5.82 Å². The Morgan fingerprint density at radius 2 is 2.12 bits per heavy atom. The summed E-state index contributed by atoms with van der Waals surface area (Å²) in [6.07, 6.45) is 4.18. The molecule has 2 heterocycles.